The number of hydrogen-bond donors (Lipinski definition) is 2. The fourth-order valence-electron chi connectivity index (χ4n) is 3.48. The number of hydrogen-bond acceptors (Lipinski definition) is 6. The monoisotopic (exact) mass is 475 g/mol. The molecule has 0 saturated carbocycles. The van der Waals surface area contributed by atoms with E-state index < -0.39 is 0 Å². The predicted octanol–water partition coefficient (Wildman–Crippen LogP) is 5.86. The molecule has 0 aliphatic heterocycles. The van der Waals surface area contributed by atoms with Crippen LogP contribution in [0.2, 0.25) is 0 Å². The molecule has 0 aromatic heterocycles. The first-order chi connectivity index (χ1) is 15.8. The highest BCUT2D eigenvalue weighted by Crippen LogP contribution is 2.34. The molecule has 0 saturated heterocycles. The van der Waals surface area contributed by atoms with E-state index in [2.05, 4.69) is 58.0 Å². The molecule has 0 atom stereocenters. The van der Waals surface area contributed by atoms with Gasteiger partial charge in [-0.25, -0.2) is 5.84 Å². The maximum absolute atomic E-state index is 12.2. The van der Waals surface area contributed by atoms with E-state index >= 15 is 0 Å². The number of aryl methyl sites for hydroxylation is 1. The predicted molar refractivity (Wildman–Crippen MR) is 137 cm³/mol. The van der Waals surface area contributed by atoms with Gasteiger partial charge in [0.2, 0.25) is 0 Å². The van der Waals surface area contributed by atoms with Crippen molar-refractivity contribution in [3.63, 3.8) is 0 Å². The van der Waals surface area contributed by atoms with Crippen LogP contribution in [-0.2, 0) is 5.41 Å². The first-order valence-electron chi connectivity index (χ1n) is 11.5. The minimum Gasteiger partial charge on any atom is -0.494 e. The van der Waals surface area contributed by atoms with Crippen molar-refractivity contribution in [3.8, 4) is 11.5 Å². The second-order valence-corrected chi connectivity index (χ2v) is 9.24. The molecule has 182 valence electrons. The Balaban J connectivity index is 1.91. The maximum Gasteiger partial charge on any atom is 0.122 e. The molecule has 0 radical (unpaired) electrons. The summed E-state index contributed by atoms with van der Waals surface area (Å²) in [5, 5.41) is 1.46. The van der Waals surface area contributed by atoms with Crippen molar-refractivity contribution in [1.82, 2.24) is 5.01 Å². The van der Waals surface area contributed by atoms with E-state index in [4.69, 9.17) is 21.1 Å². The van der Waals surface area contributed by atoms with Gasteiger partial charge in [0.05, 0.1) is 31.1 Å². The van der Waals surface area contributed by atoms with Gasteiger partial charge in [-0.1, -0.05) is 51.5 Å². The van der Waals surface area contributed by atoms with E-state index in [1.54, 1.807) is 6.20 Å². The van der Waals surface area contributed by atoms with Crippen LogP contribution in [0.3, 0.4) is 0 Å². The molecule has 0 spiro atoms. The summed E-state index contributed by atoms with van der Waals surface area (Å²) in [6, 6.07) is 14.7. The molecule has 0 amide bonds. The van der Waals surface area contributed by atoms with Gasteiger partial charge in [-0.15, -0.1) is 0 Å². The van der Waals surface area contributed by atoms with Crippen LogP contribution >= 0.6 is 12.1 Å². The van der Waals surface area contributed by atoms with Crippen LogP contribution in [0, 0.1) is 6.92 Å². The lowest BCUT2D eigenvalue weighted by molar-refractivity contribution is 0.278. The average Bonchev–Trinajstić information content (AvgIpc) is 2.78. The number of rotatable bonds is 14. The molecule has 2 rings (SSSR count). The number of unbranched alkanes of at least 4 members (excludes halogenated alkanes) is 1. The third kappa shape index (κ3) is 8.48. The van der Waals surface area contributed by atoms with Gasteiger partial charge < -0.3 is 20.2 Å². The molecule has 0 aliphatic carbocycles. The molecule has 5 nitrogen and oxygen atoms in total. The molecular formula is C26H38FN3O2S. The van der Waals surface area contributed by atoms with Crippen molar-refractivity contribution >= 4 is 12.1 Å². The van der Waals surface area contributed by atoms with Crippen molar-refractivity contribution in [1.29, 1.82) is 0 Å². The van der Waals surface area contributed by atoms with Gasteiger partial charge in [0.15, 0.2) is 0 Å². The van der Waals surface area contributed by atoms with Gasteiger partial charge in [-0.3, -0.25) is 0 Å². The van der Waals surface area contributed by atoms with E-state index in [1.165, 1.54) is 16.1 Å². The Morgan fingerprint density at radius 1 is 1.06 bits per heavy atom. The molecule has 2 aromatic rings. The SMILES string of the molecule is CCCCOc1ccc(C(C)(C)c2ccc(OCCCN(N)/C=C(\N)CSF)cc2)cc1C. The molecular weight excluding hydrogens is 437 g/mol. The quantitative estimate of drug-likeness (QED) is 0.202. The average molecular weight is 476 g/mol. The van der Waals surface area contributed by atoms with Gasteiger partial charge in [0, 0.05) is 30.3 Å². The van der Waals surface area contributed by atoms with E-state index in [-0.39, 0.29) is 23.3 Å². The molecule has 0 unspecified atom stereocenters. The van der Waals surface area contributed by atoms with Crippen LogP contribution in [-0.4, -0.2) is 30.5 Å². The summed E-state index contributed by atoms with van der Waals surface area (Å²) < 4.78 is 23.9. The largest absolute Gasteiger partial charge is 0.494 e. The lowest BCUT2D eigenvalue weighted by atomic mass is 9.77. The first-order valence-corrected chi connectivity index (χ1v) is 12.3. The lowest BCUT2D eigenvalue weighted by Gasteiger charge is -2.27. The zero-order chi connectivity index (χ0) is 24.3. The number of halogens is 1. The Hall–Kier alpha value is -2.38. The van der Waals surface area contributed by atoms with E-state index in [9.17, 15) is 3.89 Å². The molecule has 0 fully saturated rings. The van der Waals surface area contributed by atoms with Crippen molar-refractivity contribution < 1.29 is 13.4 Å². The Morgan fingerprint density at radius 2 is 1.73 bits per heavy atom. The van der Waals surface area contributed by atoms with Gasteiger partial charge in [-0.2, -0.15) is 3.89 Å². The van der Waals surface area contributed by atoms with Gasteiger partial charge in [0.1, 0.15) is 11.5 Å². The third-order valence-electron chi connectivity index (χ3n) is 5.61. The molecule has 0 bridgehead atoms. The van der Waals surface area contributed by atoms with Crippen molar-refractivity contribution in [2.45, 2.75) is 52.4 Å². The number of nitrogens with two attached hydrogens (primary N) is 2. The fourth-order valence-corrected chi connectivity index (χ4v) is 3.68. The van der Waals surface area contributed by atoms with Crippen LogP contribution in [0.5, 0.6) is 11.5 Å². The summed E-state index contributed by atoms with van der Waals surface area (Å²) in [4.78, 5) is 0. The first kappa shape index (κ1) is 26.9. The highest BCUT2D eigenvalue weighted by Gasteiger charge is 2.24. The van der Waals surface area contributed by atoms with E-state index in [0.717, 1.165) is 42.9 Å². The second kappa shape index (κ2) is 13.4. The lowest BCUT2D eigenvalue weighted by Crippen LogP contribution is -2.28. The molecule has 7 heteroatoms. The molecule has 4 N–H and O–H groups in total. The fraction of sp³-hybridized carbons (Fsp3) is 0.462. The number of nitrogens with zero attached hydrogens (tertiary/aromatic N) is 1. The zero-order valence-electron chi connectivity index (χ0n) is 20.3. The van der Waals surface area contributed by atoms with Crippen molar-refractivity contribution in [2.24, 2.45) is 11.6 Å². The zero-order valence-corrected chi connectivity index (χ0v) is 21.1. The minimum absolute atomic E-state index is 0.114. The molecule has 2 aromatic carbocycles. The number of benzene rings is 2. The maximum atomic E-state index is 12.2. The Kier molecular flexibility index (Phi) is 10.9. The number of hydrazine groups is 1. The minimum atomic E-state index is -0.143. The van der Waals surface area contributed by atoms with Crippen LogP contribution in [0.4, 0.5) is 3.89 Å². The third-order valence-corrected chi connectivity index (χ3v) is 6.05. The van der Waals surface area contributed by atoms with Crippen LogP contribution < -0.4 is 21.1 Å². The highest BCUT2D eigenvalue weighted by atomic mass is 32.2. The molecule has 0 heterocycles. The van der Waals surface area contributed by atoms with Gasteiger partial charge in [-0.05, 0) is 48.2 Å². The van der Waals surface area contributed by atoms with Crippen LogP contribution in [0.1, 0.15) is 56.7 Å². The van der Waals surface area contributed by atoms with E-state index in [0.29, 0.717) is 18.8 Å². The standard InChI is InChI=1S/C26H38FN3O2S/c1-5-6-15-32-25-13-10-22(17-20(25)2)26(3,4)21-8-11-24(12-9-21)31-16-7-14-30(29)18-23(28)19-33-27/h8-13,17-18H,5-7,14-16,19,28-29H2,1-4H3/b23-18-. The highest BCUT2D eigenvalue weighted by molar-refractivity contribution is 7.94. The molecule has 0 aliphatic rings. The normalized spacial score (nSPS) is 12.0. The summed E-state index contributed by atoms with van der Waals surface area (Å²) in [6.07, 6.45) is 4.47. The second-order valence-electron chi connectivity index (χ2n) is 8.73. The summed E-state index contributed by atoms with van der Waals surface area (Å²) in [7, 11) is 0. The topological polar surface area (TPSA) is 73.7 Å². The Morgan fingerprint density at radius 3 is 2.36 bits per heavy atom. The van der Waals surface area contributed by atoms with Crippen LogP contribution in [0.25, 0.3) is 0 Å². The smallest absolute Gasteiger partial charge is 0.122 e. The van der Waals surface area contributed by atoms with E-state index in [1.807, 2.05) is 12.1 Å². The number of ether oxygens (including phenoxy) is 2. The van der Waals surface area contributed by atoms with Gasteiger partial charge in [0.25, 0.3) is 0 Å². The Labute approximate surface area is 202 Å². The van der Waals surface area contributed by atoms with Crippen molar-refractivity contribution in [2.75, 3.05) is 25.5 Å². The Bertz CT molecular complexity index is 888. The van der Waals surface area contributed by atoms with Crippen LogP contribution in [0.15, 0.2) is 54.4 Å². The summed E-state index contributed by atoms with van der Waals surface area (Å²) in [6.45, 7) is 10.6. The van der Waals surface area contributed by atoms with Gasteiger partial charge >= 0.3 is 0 Å². The summed E-state index contributed by atoms with van der Waals surface area (Å²) in [5.74, 6) is 7.73. The molecule has 33 heavy (non-hydrogen) atoms. The summed E-state index contributed by atoms with van der Waals surface area (Å²) in [5.41, 5.74) is 9.53. The van der Waals surface area contributed by atoms with Crippen molar-refractivity contribution in [3.05, 3.63) is 71.1 Å². The summed E-state index contributed by atoms with van der Waals surface area (Å²) >= 11 is 0.177.